The second-order valence-electron chi connectivity index (χ2n) is 5.35. The van der Waals surface area contributed by atoms with E-state index < -0.39 is 0 Å². The number of anilines is 2. The molecule has 112 valence electrons. The fourth-order valence-electron chi connectivity index (χ4n) is 2.71. The summed E-state index contributed by atoms with van der Waals surface area (Å²) in [5.41, 5.74) is 6.19. The number of benzene rings is 2. The Morgan fingerprint density at radius 1 is 1.09 bits per heavy atom. The molecule has 1 aliphatic heterocycles. The maximum Gasteiger partial charge on any atom is 0.197 e. The molecule has 0 aromatic heterocycles. The van der Waals surface area contributed by atoms with Gasteiger partial charge < -0.3 is 4.90 Å². The molecule has 0 saturated heterocycles. The van der Waals surface area contributed by atoms with Gasteiger partial charge in [-0.05, 0) is 36.6 Å². The molecular weight excluding hydrogens is 274 g/mol. The van der Waals surface area contributed by atoms with Gasteiger partial charge in [-0.3, -0.25) is 10.2 Å². The molecule has 0 spiro atoms. The number of Topliss-reactive ketones (excluding diaryl/α,β-unsaturated/α-hetero) is 1. The van der Waals surface area contributed by atoms with Crippen molar-refractivity contribution in [1.82, 2.24) is 0 Å². The van der Waals surface area contributed by atoms with Crippen LogP contribution in [0.4, 0.5) is 11.4 Å². The molecule has 4 nitrogen and oxygen atoms in total. The Morgan fingerprint density at radius 3 is 2.59 bits per heavy atom. The first kappa shape index (κ1) is 14.3. The average Bonchev–Trinajstić information content (AvgIpc) is 2.56. The van der Waals surface area contributed by atoms with Gasteiger partial charge in [0.05, 0.1) is 5.69 Å². The lowest BCUT2D eigenvalue weighted by atomic mass is 10.0. The maximum absolute atomic E-state index is 12.1. The Balaban J connectivity index is 1.91. The van der Waals surface area contributed by atoms with Gasteiger partial charge in [0.2, 0.25) is 0 Å². The Kier molecular flexibility index (Phi) is 4.19. The van der Waals surface area contributed by atoms with Gasteiger partial charge in [0.15, 0.2) is 11.6 Å². The summed E-state index contributed by atoms with van der Waals surface area (Å²) in [4.78, 5) is 14.1. The lowest BCUT2D eigenvalue weighted by Crippen LogP contribution is -2.39. The first-order valence-electron chi connectivity index (χ1n) is 7.51. The molecule has 0 radical (unpaired) electrons. The van der Waals surface area contributed by atoms with E-state index in [1.807, 2.05) is 47.4 Å². The van der Waals surface area contributed by atoms with Crippen LogP contribution in [0.1, 0.15) is 18.9 Å². The number of rotatable bonds is 3. The Labute approximate surface area is 130 Å². The van der Waals surface area contributed by atoms with E-state index in [4.69, 9.17) is 0 Å². The molecule has 0 fully saturated rings. The Bertz CT molecular complexity index is 694. The molecule has 4 heteroatoms. The standard InChI is InChI=1S/C18H19N3O/c1-14(22)18(20-19-16-10-3-2-4-11-16)21-13-7-9-15-8-5-6-12-17(15)21/h2-6,8,10-12,19H,7,9,13H2,1H3/b20-18-. The third kappa shape index (κ3) is 3.01. The van der Waals surface area contributed by atoms with Gasteiger partial charge in [0.25, 0.3) is 0 Å². The zero-order valence-electron chi connectivity index (χ0n) is 12.6. The minimum absolute atomic E-state index is 0.0415. The fraction of sp³-hybridized carbons (Fsp3) is 0.222. The smallest absolute Gasteiger partial charge is 0.197 e. The Morgan fingerprint density at radius 2 is 1.82 bits per heavy atom. The van der Waals surface area contributed by atoms with E-state index in [0.29, 0.717) is 5.84 Å². The number of fused-ring (bicyclic) bond motifs is 1. The molecule has 0 atom stereocenters. The van der Waals surface area contributed by atoms with Gasteiger partial charge >= 0.3 is 0 Å². The van der Waals surface area contributed by atoms with Crippen LogP contribution in [0.25, 0.3) is 0 Å². The second kappa shape index (κ2) is 6.43. The highest BCUT2D eigenvalue weighted by Gasteiger charge is 2.23. The third-order valence-corrected chi connectivity index (χ3v) is 3.75. The number of nitrogens with one attached hydrogen (secondary N) is 1. The van der Waals surface area contributed by atoms with Crippen molar-refractivity contribution in [2.75, 3.05) is 16.9 Å². The molecule has 2 aromatic rings. The van der Waals surface area contributed by atoms with Gasteiger partial charge in [0, 0.05) is 19.2 Å². The minimum atomic E-state index is -0.0415. The van der Waals surface area contributed by atoms with E-state index in [0.717, 1.165) is 30.8 Å². The number of ketones is 1. The van der Waals surface area contributed by atoms with Crippen molar-refractivity contribution in [3.63, 3.8) is 0 Å². The predicted molar refractivity (Wildman–Crippen MR) is 90.3 cm³/mol. The number of nitrogens with zero attached hydrogens (tertiary/aromatic N) is 2. The highest BCUT2D eigenvalue weighted by Crippen LogP contribution is 2.27. The summed E-state index contributed by atoms with van der Waals surface area (Å²) in [7, 11) is 0. The van der Waals surface area contributed by atoms with Crippen molar-refractivity contribution in [3.05, 3.63) is 60.2 Å². The first-order valence-corrected chi connectivity index (χ1v) is 7.51. The topological polar surface area (TPSA) is 44.7 Å². The molecule has 3 rings (SSSR count). The van der Waals surface area contributed by atoms with Gasteiger partial charge in [-0.1, -0.05) is 36.4 Å². The highest BCUT2D eigenvalue weighted by atomic mass is 16.1. The monoisotopic (exact) mass is 293 g/mol. The number of hydrogen-bond acceptors (Lipinski definition) is 3. The number of para-hydroxylation sites is 2. The maximum atomic E-state index is 12.1. The third-order valence-electron chi connectivity index (χ3n) is 3.75. The van der Waals surface area contributed by atoms with E-state index in [1.165, 1.54) is 5.56 Å². The number of aryl methyl sites for hydroxylation is 1. The van der Waals surface area contributed by atoms with Crippen LogP contribution >= 0.6 is 0 Å². The Hall–Kier alpha value is -2.62. The molecule has 0 saturated carbocycles. The minimum Gasteiger partial charge on any atom is -0.322 e. The SMILES string of the molecule is CC(=O)/C(=N/Nc1ccccc1)N1CCCc2ccccc21. The summed E-state index contributed by atoms with van der Waals surface area (Å²) in [5, 5.41) is 4.36. The number of carbonyl (C=O) groups is 1. The van der Waals surface area contributed by atoms with Crippen molar-refractivity contribution in [2.24, 2.45) is 5.10 Å². The van der Waals surface area contributed by atoms with Crippen molar-refractivity contribution in [3.8, 4) is 0 Å². The molecule has 0 unspecified atom stereocenters. The number of hydrazone groups is 1. The molecule has 2 aromatic carbocycles. The fourth-order valence-corrected chi connectivity index (χ4v) is 2.71. The molecule has 1 N–H and O–H groups in total. The van der Waals surface area contributed by atoms with Crippen molar-refractivity contribution < 1.29 is 4.79 Å². The summed E-state index contributed by atoms with van der Waals surface area (Å²) >= 11 is 0. The van der Waals surface area contributed by atoms with E-state index in [9.17, 15) is 4.79 Å². The average molecular weight is 293 g/mol. The highest BCUT2D eigenvalue weighted by molar-refractivity contribution is 6.43. The summed E-state index contributed by atoms with van der Waals surface area (Å²) in [5.74, 6) is 0.413. The molecule has 0 bridgehead atoms. The van der Waals surface area contributed by atoms with Gasteiger partial charge in [-0.15, -0.1) is 0 Å². The summed E-state index contributed by atoms with van der Waals surface area (Å²) in [6, 6.07) is 17.9. The van der Waals surface area contributed by atoms with E-state index >= 15 is 0 Å². The molecule has 22 heavy (non-hydrogen) atoms. The molecule has 0 aliphatic carbocycles. The van der Waals surface area contributed by atoms with Crippen LogP contribution in [0.2, 0.25) is 0 Å². The molecule has 1 aliphatic rings. The lowest BCUT2D eigenvalue weighted by molar-refractivity contribution is -0.111. The van der Waals surface area contributed by atoms with Crippen molar-refractivity contribution >= 4 is 23.0 Å². The summed E-state index contributed by atoms with van der Waals surface area (Å²) in [6.07, 6.45) is 2.07. The van der Waals surface area contributed by atoms with Crippen LogP contribution in [0.15, 0.2) is 59.7 Å². The van der Waals surface area contributed by atoms with E-state index in [-0.39, 0.29) is 5.78 Å². The van der Waals surface area contributed by atoms with E-state index in [2.05, 4.69) is 22.7 Å². The zero-order chi connectivity index (χ0) is 15.4. The summed E-state index contributed by atoms with van der Waals surface area (Å²) in [6.45, 7) is 2.37. The van der Waals surface area contributed by atoms with Crippen molar-refractivity contribution in [2.45, 2.75) is 19.8 Å². The van der Waals surface area contributed by atoms with Crippen LogP contribution in [0.5, 0.6) is 0 Å². The van der Waals surface area contributed by atoms with Crippen LogP contribution in [-0.4, -0.2) is 18.2 Å². The predicted octanol–water partition coefficient (Wildman–Crippen LogP) is 3.45. The quantitative estimate of drug-likeness (QED) is 0.535. The summed E-state index contributed by atoms with van der Waals surface area (Å²) < 4.78 is 0. The largest absolute Gasteiger partial charge is 0.322 e. The van der Waals surface area contributed by atoms with Gasteiger partial charge in [-0.25, -0.2) is 0 Å². The van der Waals surface area contributed by atoms with Crippen LogP contribution < -0.4 is 10.3 Å². The molecule has 0 amide bonds. The van der Waals surface area contributed by atoms with Crippen LogP contribution in [0, 0.1) is 0 Å². The normalized spacial score (nSPS) is 14.4. The van der Waals surface area contributed by atoms with Crippen molar-refractivity contribution in [1.29, 1.82) is 0 Å². The number of amidine groups is 1. The van der Waals surface area contributed by atoms with Crippen LogP contribution in [-0.2, 0) is 11.2 Å². The second-order valence-corrected chi connectivity index (χ2v) is 5.35. The first-order chi connectivity index (χ1) is 10.8. The van der Waals surface area contributed by atoms with Crippen LogP contribution in [0.3, 0.4) is 0 Å². The van der Waals surface area contributed by atoms with Gasteiger partial charge in [-0.2, -0.15) is 5.10 Å². The molecular formula is C18H19N3O. The number of carbonyl (C=O) groups excluding carboxylic acids is 1. The van der Waals surface area contributed by atoms with E-state index in [1.54, 1.807) is 6.92 Å². The van der Waals surface area contributed by atoms with Gasteiger partial charge in [0.1, 0.15) is 0 Å². The zero-order valence-corrected chi connectivity index (χ0v) is 12.6. The number of hydrogen-bond donors (Lipinski definition) is 1. The molecule has 1 heterocycles. The lowest BCUT2D eigenvalue weighted by Gasteiger charge is -2.30.